The lowest BCUT2D eigenvalue weighted by Gasteiger charge is -2.26. The highest BCUT2D eigenvalue weighted by Crippen LogP contribution is 2.20. The third-order valence-corrected chi connectivity index (χ3v) is 4.34. The summed E-state index contributed by atoms with van der Waals surface area (Å²) in [6, 6.07) is 10.3. The van der Waals surface area contributed by atoms with Crippen molar-refractivity contribution in [2.24, 2.45) is 0 Å². The molecule has 1 aromatic heterocycles. The van der Waals surface area contributed by atoms with Crippen LogP contribution in [0.1, 0.15) is 18.2 Å². The van der Waals surface area contributed by atoms with E-state index in [1.165, 1.54) is 5.56 Å². The van der Waals surface area contributed by atoms with Gasteiger partial charge in [0.1, 0.15) is 5.82 Å². The topological polar surface area (TPSA) is 62.3 Å². The number of hydrogen-bond donors (Lipinski definition) is 2. The second-order valence-corrected chi connectivity index (χ2v) is 6.23. The molecule has 2 N–H and O–H groups in total. The predicted octanol–water partition coefficient (Wildman–Crippen LogP) is 2.84. The molecule has 6 heteroatoms. The number of nitrogens with zero attached hydrogens (tertiary/aromatic N) is 3. The maximum Gasteiger partial charge on any atom is 0.229 e. The largest absolute Gasteiger partial charge is 0.379 e. The second kappa shape index (κ2) is 8.78. The number of morpholine rings is 1. The van der Waals surface area contributed by atoms with Gasteiger partial charge in [0.25, 0.3) is 0 Å². The normalized spacial score (nSPS) is 15.1. The molecule has 1 aliphatic rings. The van der Waals surface area contributed by atoms with Crippen LogP contribution in [0, 0.1) is 6.92 Å². The Morgan fingerprint density at radius 2 is 1.96 bits per heavy atom. The smallest absolute Gasteiger partial charge is 0.229 e. The van der Waals surface area contributed by atoms with Crippen LogP contribution in [0.5, 0.6) is 0 Å². The van der Waals surface area contributed by atoms with E-state index < -0.39 is 0 Å². The molecule has 25 heavy (non-hydrogen) atoms. The Bertz CT molecular complexity index is 685. The van der Waals surface area contributed by atoms with Crippen molar-refractivity contribution in [1.29, 1.82) is 0 Å². The fourth-order valence-electron chi connectivity index (χ4n) is 2.95. The van der Waals surface area contributed by atoms with Crippen LogP contribution in [-0.2, 0) is 11.2 Å². The van der Waals surface area contributed by atoms with Crippen molar-refractivity contribution in [1.82, 2.24) is 14.9 Å². The van der Waals surface area contributed by atoms with E-state index in [4.69, 9.17) is 4.74 Å². The Morgan fingerprint density at radius 1 is 1.16 bits per heavy atom. The molecule has 0 saturated carbocycles. The molecule has 134 valence electrons. The summed E-state index contributed by atoms with van der Waals surface area (Å²) < 4.78 is 5.38. The molecule has 0 bridgehead atoms. The van der Waals surface area contributed by atoms with Gasteiger partial charge in [0.15, 0.2) is 0 Å². The molecule has 0 radical (unpaired) electrons. The number of para-hydroxylation sites is 1. The molecule has 1 aromatic carbocycles. The van der Waals surface area contributed by atoms with Crippen LogP contribution >= 0.6 is 0 Å². The fourth-order valence-corrected chi connectivity index (χ4v) is 2.95. The summed E-state index contributed by atoms with van der Waals surface area (Å²) in [5.41, 5.74) is 3.27. The van der Waals surface area contributed by atoms with Crippen LogP contribution in [0.3, 0.4) is 0 Å². The van der Waals surface area contributed by atoms with Crippen LogP contribution in [-0.4, -0.2) is 54.3 Å². The number of aromatic nitrogens is 2. The molecule has 0 atom stereocenters. The van der Waals surface area contributed by atoms with Crippen molar-refractivity contribution in [3.05, 3.63) is 41.6 Å². The van der Waals surface area contributed by atoms with Gasteiger partial charge in [0.05, 0.1) is 13.2 Å². The summed E-state index contributed by atoms with van der Waals surface area (Å²) in [6.07, 6.45) is 0.972. The Morgan fingerprint density at radius 3 is 2.76 bits per heavy atom. The molecule has 2 aromatic rings. The van der Waals surface area contributed by atoms with Gasteiger partial charge in [0.2, 0.25) is 5.95 Å². The van der Waals surface area contributed by atoms with E-state index in [9.17, 15) is 0 Å². The highest BCUT2D eigenvalue weighted by atomic mass is 16.5. The molecule has 3 rings (SSSR count). The van der Waals surface area contributed by atoms with E-state index in [0.29, 0.717) is 5.95 Å². The summed E-state index contributed by atoms with van der Waals surface area (Å²) in [5, 5.41) is 6.77. The van der Waals surface area contributed by atoms with Gasteiger partial charge in [-0.05, 0) is 25.0 Å². The van der Waals surface area contributed by atoms with Gasteiger partial charge in [-0.1, -0.05) is 25.1 Å². The molecule has 0 aliphatic carbocycles. The number of nitrogens with one attached hydrogen (secondary N) is 2. The van der Waals surface area contributed by atoms with Gasteiger partial charge in [-0.25, -0.2) is 4.98 Å². The van der Waals surface area contributed by atoms with Crippen molar-refractivity contribution in [3.63, 3.8) is 0 Å². The minimum atomic E-state index is 0.634. The van der Waals surface area contributed by atoms with Crippen LogP contribution in [0.25, 0.3) is 0 Å². The summed E-state index contributed by atoms with van der Waals surface area (Å²) in [7, 11) is 0. The first-order chi connectivity index (χ1) is 12.2. The Hall–Kier alpha value is -2.18. The zero-order chi connectivity index (χ0) is 17.5. The van der Waals surface area contributed by atoms with Crippen molar-refractivity contribution in [3.8, 4) is 0 Å². The SMILES string of the molecule is CCc1ccccc1Nc1nc(C)cc(NCCN2CCOCC2)n1. The highest BCUT2D eigenvalue weighted by Gasteiger charge is 2.10. The van der Waals surface area contributed by atoms with Crippen molar-refractivity contribution in [2.75, 3.05) is 50.0 Å². The highest BCUT2D eigenvalue weighted by molar-refractivity contribution is 5.59. The lowest BCUT2D eigenvalue weighted by Crippen LogP contribution is -2.39. The standard InChI is InChI=1S/C19H27N5O/c1-3-16-6-4-5-7-17(16)22-19-21-15(2)14-18(23-19)20-8-9-24-10-12-25-13-11-24/h4-7,14H,3,8-13H2,1-2H3,(H2,20,21,22,23). The first-order valence-electron chi connectivity index (χ1n) is 8.99. The minimum Gasteiger partial charge on any atom is -0.379 e. The monoisotopic (exact) mass is 341 g/mol. The number of benzene rings is 1. The van der Waals surface area contributed by atoms with Gasteiger partial charge >= 0.3 is 0 Å². The Kier molecular flexibility index (Phi) is 6.19. The molecular weight excluding hydrogens is 314 g/mol. The number of rotatable bonds is 7. The quantitative estimate of drug-likeness (QED) is 0.807. The molecule has 2 heterocycles. The number of anilines is 3. The molecule has 0 amide bonds. The first-order valence-corrected chi connectivity index (χ1v) is 8.99. The number of ether oxygens (including phenoxy) is 1. The van der Waals surface area contributed by atoms with Gasteiger partial charge in [-0.15, -0.1) is 0 Å². The molecule has 1 aliphatic heterocycles. The van der Waals surface area contributed by atoms with E-state index >= 15 is 0 Å². The summed E-state index contributed by atoms with van der Waals surface area (Å²) in [6.45, 7) is 9.67. The fraction of sp³-hybridized carbons (Fsp3) is 0.474. The van der Waals surface area contributed by atoms with E-state index in [1.54, 1.807) is 0 Å². The summed E-state index contributed by atoms with van der Waals surface area (Å²) in [5.74, 6) is 1.49. The molecule has 0 spiro atoms. The predicted molar refractivity (Wildman–Crippen MR) is 102 cm³/mol. The van der Waals surface area contributed by atoms with Crippen molar-refractivity contribution < 1.29 is 4.74 Å². The van der Waals surface area contributed by atoms with E-state index in [1.807, 2.05) is 19.1 Å². The Balaban J connectivity index is 1.61. The minimum absolute atomic E-state index is 0.634. The van der Waals surface area contributed by atoms with Gasteiger partial charge in [-0.3, -0.25) is 4.90 Å². The van der Waals surface area contributed by atoms with Crippen LogP contribution in [0.15, 0.2) is 30.3 Å². The maximum absolute atomic E-state index is 5.38. The number of hydrogen-bond acceptors (Lipinski definition) is 6. The van der Waals surface area contributed by atoms with E-state index in [2.05, 4.69) is 50.6 Å². The first kappa shape index (κ1) is 17.6. The Labute approximate surface area is 149 Å². The lowest BCUT2D eigenvalue weighted by atomic mass is 10.1. The molecule has 0 unspecified atom stereocenters. The van der Waals surface area contributed by atoms with Crippen molar-refractivity contribution >= 4 is 17.5 Å². The average molecular weight is 341 g/mol. The third-order valence-electron chi connectivity index (χ3n) is 4.34. The van der Waals surface area contributed by atoms with E-state index in [0.717, 1.165) is 63.0 Å². The summed E-state index contributed by atoms with van der Waals surface area (Å²) in [4.78, 5) is 11.5. The maximum atomic E-state index is 5.38. The van der Waals surface area contributed by atoms with E-state index in [-0.39, 0.29) is 0 Å². The second-order valence-electron chi connectivity index (χ2n) is 6.23. The average Bonchev–Trinajstić information content (AvgIpc) is 2.63. The molecule has 1 fully saturated rings. The third kappa shape index (κ3) is 5.14. The van der Waals surface area contributed by atoms with Crippen molar-refractivity contribution in [2.45, 2.75) is 20.3 Å². The summed E-state index contributed by atoms with van der Waals surface area (Å²) >= 11 is 0. The zero-order valence-electron chi connectivity index (χ0n) is 15.1. The lowest BCUT2D eigenvalue weighted by molar-refractivity contribution is 0.0398. The molecule has 1 saturated heterocycles. The van der Waals surface area contributed by atoms with Crippen LogP contribution in [0.4, 0.5) is 17.5 Å². The van der Waals surface area contributed by atoms with Gasteiger partial charge in [-0.2, -0.15) is 4.98 Å². The molecule has 6 nitrogen and oxygen atoms in total. The molecular formula is C19H27N5O. The number of aryl methyl sites for hydroxylation is 2. The van der Waals surface area contributed by atoms with Crippen LogP contribution < -0.4 is 10.6 Å². The van der Waals surface area contributed by atoms with Gasteiger partial charge < -0.3 is 15.4 Å². The zero-order valence-corrected chi connectivity index (χ0v) is 15.1. The van der Waals surface area contributed by atoms with Crippen LogP contribution in [0.2, 0.25) is 0 Å². The van der Waals surface area contributed by atoms with Gasteiger partial charge in [0, 0.05) is 43.6 Å².